The van der Waals surface area contributed by atoms with Gasteiger partial charge in [0, 0.05) is 17.8 Å². The van der Waals surface area contributed by atoms with Crippen molar-refractivity contribution in [1.29, 1.82) is 0 Å². The summed E-state index contributed by atoms with van der Waals surface area (Å²) in [5.74, 6) is -0.519. The molecule has 0 saturated heterocycles. The normalized spacial score (nSPS) is 10.7. The summed E-state index contributed by atoms with van der Waals surface area (Å²) in [7, 11) is 0. The molecule has 7 nitrogen and oxygen atoms in total. The Labute approximate surface area is 137 Å². The molecule has 2 aromatic heterocycles. The summed E-state index contributed by atoms with van der Waals surface area (Å²) in [4.78, 5) is 26.9. The van der Waals surface area contributed by atoms with Crippen molar-refractivity contribution in [1.82, 2.24) is 9.38 Å². The van der Waals surface area contributed by atoms with Crippen LogP contribution in [0.4, 0.5) is 5.69 Å². The van der Waals surface area contributed by atoms with Crippen LogP contribution in [0.1, 0.15) is 17.0 Å². The number of para-hydroxylation sites is 1. The van der Waals surface area contributed by atoms with Gasteiger partial charge in [0.1, 0.15) is 12.3 Å². The third-order valence-electron chi connectivity index (χ3n) is 3.72. The number of benzene rings is 1. The summed E-state index contributed by atoms with van der Waals surface area (Å²) in [6, 6.07) is 11.8. The Bertz CT molecular complexity index is 917. The highest BCUT2D eigenvalue weighted by Crippen LogP contribution is 2.19. The zero-order chi connectivity index (χ0) is 17.1. The minimum Gasteiger partial charge on any atom is -0.459 e. The molecule has 0 saturated carbocycles. The second-order valence-electron chi connectivity index (χ2n) is 5.30. The van der Waals surface area contributed by atoms with Gasteiger partial charge in [0.05, 0.1) is 22.7 Å². The second-order valence-corrected chi connectivity index (χ2v) is 5.30. The van der Waals surface area contributed by atoms with Gasteiger partial charge in [0.2, 0.25) is 0 Å². The molecule has 0 spiro atoms. The maximum absolute atomic E-state index is 12.1. The molecule has 0 radical (unpaired) electrons. The zero-order valence-corrected chi connectivity index (χ0v) is 13.0. The molecule has 3 rings (SSSR count). The first kappa shape index (κ1) is 15.7. The Balaban J connectivity index is 1.72. The van der Waals surface area contributed by atoms with Crippen molar-refractivity contribution in [2.24, 2.45) is 0 Å². The molecule has 0 aliphatic heterocycles. The number of hydrogen-bond acceptors (Lipinski definition) is 5. The van der Waals surface area contributed by atoms with Gasteiger partial charge in [-0.3, -0.25) is 14.9 Å². The van der Waals surface area contributed by atoms with Gasteiger partial charge < -0.3 is 9.14 Å². The number of esters is 1. The van der Waals surface area contributed by atoms with E-state index in [0.717, 1.165) is 17.0 Å². The van der Waals surface area contributed by atoms with E-state index in [1.165, 1.54) is 6.07 Å². The molecule has 0 aliphatic rings. The Kier molecular flexibility index (Phi) is 4.24. The smallest absolute Gasteiger partial charge is 0.310 e. The number of hydrogen-bond donors (Lipinski definition) is 0. The fraction of sp³-hybridized carbons (Fsp3) is 0.176. The molecule has 0 fully saturated rings. The molecule has 0 atom stereocenters. The summed E-state index contributed by atoms with van der Waals surface area (Å²) >= 11 is 0. The lowest BCUT2D eigenvalue weighted by Crippen LogP contribution is -2.10. The van der Waals surface area contributed by atoms with Gasteiger partial charge in [-0.25, -0.2) is 4.98 Å². The highest BCUT2D eigenvalue weighted by molar-refractivity contribution is 5.74. The number of carbonyl (C=O) groups is 1. The summed E-state index contributed by atoms with van der Waals surface area (Å²) < 4.78 is 7.15. The first-order valence-electron chi connectivity index (χ1n) is 7.36. The van der Waals surface area contributed by atoms with E-state index in [0.29, 0.717) is 5.56 Å². The highest BCUT2D eigenvalue weighted by atomic mass is 16.6. The number of nitro benzene ring substituents is 1. The molecule has 0 bridgehead atoms. The average Bonchev–Trinajstić information content (AvgIpc) is 2.88. The van der Waals surface area contributed by atoms with Gasteiger partial charge in [-0.1, -0.05) is 24.3 Å². The highest BCUT2D eigenvalue weighted by Gasteiger charge is 2.17. The van der Waals surface area contributed by atoms with Gasteiger partial charge in [0.25, 0.3) is 5.69 Å². The molecule has 0 aliphatic carbocycles. The Hall–Kier alpha value is -3.22. The molecule has 24 heavy (non-hydrogen) atoms. The lowest BCUT2D eigenvalue weighted by atomic mass is 10.1. The van der Waals surface area contributed by atoms with E-state index in [4.69, 9.17) is 4.74 Å². The quantitative estimate of drug-likeness (QED) is 0.409. The first-order valence-corrected chi connectivity index (χ1v) is 7.36. The van der Waals surface area contributed by atoms with Crippen molar-refractivity contribution in [3.63, 3.8) is 0 Å². The van der Waals surface area contributed by atoms with Crippen molar-refractivity contribution in [3.8, 4) is 0 Å². The SMILES string of the molecule is Cc1nc2ccccn2c1COC(=O)Cc1ccccc1[N+](=O)[O-]. The monoisotopic (exact) mass is 325 g/mol. The number of pyridine rings is 1. The largest absolute Gasteiger partial charge is 0.459 e. The lowest BCUT2D eigenvalue weighted by molar-refractivity contribution is -0.385. The van der Waals surface area contributed by atoms with E-state index in [1.807, 2.05) is 35.7 Å². The van der Waals surface area contributed by atoms with E-state index in [-0.39, 0.29) is 18.7 Å². The molecule has 122 valence electrons. The third-order valence-corrected chi connectivity index (χ3v) is 3.72. The molecule has 2 heterocycles. The van der Waals surface area contributed by atoms with Crippen LogP contribution in [0.3, 0.4) is 0 Å². The van der Waals surface area contributed by atoms with Gasteiger partial charge >= 0.3 is 5.97 Å². The topological polar surface area (TPSA) is 86.7 Å². The summed E-state index contributed by atoms with van der Waals surface area (Å²) in [6.45, 7) is 1.91. The Morgan fingerprint density at radius 1 is 1.25 bits per heavy atom. The number of aromatic nitrogens is 2. The second kappa shape index (κ2) is 6.49. The van der Waals surface area contributed by atoms with E-state index < -0.39 is 10.9 Å². The van der Waals surface area contributed by atoms with Crippen LogP contribution in [0.25, 0.3) is 5.65 Å². The van der Waals surface area contributed by atoms with Crippen molar-refractivity contribution >= 4 is 17.3 Å². The summed E-state index contributed by atoms with van der Waals surface area (Å²) in [5.41, 5.74) is 2.59. The molecule has 0 N–H and O–H groups in total. The van der Waals surface area contributed by atoms with Crippen LogP contribution >= 0.6 is 0 Å². The zero-order valence-electron chi connectivity index (χ0n) is 13.0. The van der Waals surface area contributed by atoms with E-state index in [9.17, 15) is 14.9 Å². The number of nitro groups is 1. The maximum Gasteiger partial charge on any atom is 0.310 e. The number of nitrogens with zero attached hydrogens (tertiary/aromatic N) is 3. The minimum atomic E-state index is -0.519. The maximum atomic E-state index is 12.1. The van der Waals surface area contributed by atoms with Crippen LogP contribution in [-0.4, -0.2) is 20.3 Å². The molecule has 7 heteroatoms. The number of carbonyl (C=O) groups excluding carboxylic acids is 1. The molecular formula is C17H15N3O4. The number of ether oxygens (including phenoxy) is 1. The van der Waals surface area contributed by atoms with Gasteiger partial charge in [-0.15, -0.1) is 0 Å². The predicted octanol–water partition coefficient (Wildman–Crippen LogP) is 2.84. The van der Waals surface area contributed by atoms with Gasteiger partial charge in [-0.05, 0) is 19.1 Å². The van der Waals surface area contributed by atoms with Crippen molar-refractivity contribution in [2.45, 2.75) is 20.0 Å². The molecular weight excluding hydrogens is 310 g/mol. The standard InChI is InChI=1S/C17H15N3O4/c1-12-15(19-9-5-4-8-16(19)18-12)11-24-17(21)10-13-6-2-3-7-14(13)20(22)23/h2-9H,10-11H2,1H3. The molecule has 1 aromatic carbocycles. The number of fused-ring (bicyclic) bond motifs is 1. The van der Waals surface area contributed by atoms with Crippen LogP contribution in [0.2, 0.25) is 0 Å². The fourth-order valence-electron chi connectivity index (χ4n) is 2.53. The minimum absolute atomic E-state index is 0.0660. The van der Waals surface area contributed by atoms with Crippen LogP contribution in [0.5, 0.6) is 0 Å². The van der Waals surface area contributed by atoms with E-state index in [1.54, 1.807) is 18.2 Å². The molecule has 0 unspecified atom stereocenters. The van der Waals surface area contributed by atoms with E-state index >= 15 is 0 Å². The third kappa shape index (κ3) is 3.10. The number of imidazole rings is 1. The molecule has 3 aromatic rings. The molecule has 0 amide bonds. The van der Waals surface area contributed by atoms with Crippen molar-refractivity contribution in [3.05, 3.63) is 75.7 Å². The van der Waals surface area contributed by atoms with Crippen molar-refractivity contribution < 1.29 is 14.5 Å². The average molecular weight is 325 g/mol. The number of aryl methyl sites for hydroxylation is 1. The van der Waals surface area contributed by atoms with Crippen LogP contribution < -0.4 is 0 Å². The van der Waals surface area contributed by atoms with Crippen LogP contribution in [-0.2, 0) is 22.6 Å². The van der Waals surface area contributed by atoms with Gasteiger partial charge in [0.15, 0.2) is 0 Å². The van der Waals surface area contributed by atoms with Crippen LogP contribution in [0, 0.1) is 17.0 Å². The van der Waals surface area contributed by atoms with Crippen LogP contribution in [0.15, 0.2) is 48.7 Å². The summed E-state index contributed by atoms with van der Waals surface area (Å²) in [6.07, 6.45) is 1.70. The lowest BCUT2D eigenvalue weighted by Gasteiger charge is -2.06. The summed E-state index contributed by atoms with van der Waals surface area (Å²) in [5, 5.41) is 11.0. The first-order chi connectivity index (χ1) is 11.6. The number of rotatable bonds is 5. The fourth-order valence-corrected chi connectivity index (χ4v) is 2.53. The van der Waals surface area contributed by atoms with Gasteiger partial charge in [-0.2, -0.15) is 0 Å². The Morgan fingerprint density at radius 2 is 2.00 bits per heavy atom. The van der Waals surface area contributed by atoms with Crippen molar-refractivity contribution in [2.75, 3.05) is 0 Å². The predicted molar refractivity (Wildman–Crippen MR) is 86.5 cm³/mol. The Morgan fingerprint density at radius 3 is 2.79 bits per heavy atom. The van der Waals surface area contributed by atoms with E-state index in [2.05, 4.69) is 4.98 Å².